The summed E-state index contributed by atoms with van der Waals surface area (Å²) >= 11 is 3.49. The Morgan fingerprint density at radius 1 is 1.16 bits per heavy atom. The van der Waals surface area contributed by atoms with Crippen LogP contribution in [0, 0.1) is 5.82 Å². The maximum absolute atomic E-state index is 13.2. The lowest BCUT2D eigenvalue weighted by Crippen LogP contribution is -2.12. The first-order valence-electron chi connectivity index (χ1n) is 7.29. The van der Waals surface area contributed by atoms with E-state index in [2.05, 4.69) is 36.1 Å². The van der Waals surface area contributed by atoms with Crippen molar-refractivity contribution in [2.45, 2.75) is 6.10 Å². The Hall–Kier alpha value is -2.87. The quantitative estimate of drug-likeness (QED) is 0.513. The van der Waals surface area contributed by atoms with Gasteiger partial charge < -0.3 is 9.15 Å². The molecule has 0 saturated carbocycles. The normalized spacial score (nSPS) is 12.2. The largest absolute Gasteiger partial charge is 0.474 e. The van der Waals surface area contributed by atoms with Crippen LogP contribution in [0.15, 0.2) is 64.1 Å². The summed E-state index contributed by atoms with van der Waals surface area (Å²) in [5.41, 5.74) is 1.28. The summed E-state index contributed by atoms with van der Waals surface area (Å²) in [4.78, 5) is 8.39. The second kappa shape index (κ2) is 6.56. The maximum atomic E-state index is 13.2. The molecule has 0 fully saturated rings. The third-order valence-corrected chi connectivity index (χ3v) is 4.11. The van der Waals surface area contributed by atoms with E-state index in [1.807, 2.05) is 18.2 Å². The topological polar surface area (TPSA) is 73.9 Å². The fourth-order valence-electron chi connectivity index (χ4n) is 2.40. The van der Waals surface area contributed by atoms with Crippen molar-refractivity contribution in [1.82, 2.24) is 20.2 Å². The highest BCUT2D eigenvalue weighted by atomic mass is 79.9. The summed E-state index contributed by atoms with van der Waals surface area (Å²) in [5, 5.41) is 8.48. The molecule has 0 spiro atoms. The van der Waals surface area contributed by atoms with Gasteiger partial charge in [-0.15, -0.1) is 10.2 Å². The predicted octanol–water partition coefficient (Wildman–Crippen LogP) is 4.08. The summed E-state index contributed by atoms with van der Waals surface area (Å²) in [7, 11) is 0. The van der Waals surface area contributed by atoms with Gasteiger partial charge in [-0.05, 0) is 46.3 Å². The molecule has 0 aliphatic rings. The smallest absolute Gasteiger partial charge is 0.263 e. The van der Waals surface area contributed by atoms with Gasteiger partial charge in [0.1, 0.15) is 11.6 Å². The second-order valence-electron chi connectivity index (χ2n) is 5.16. The van der Waals surface area contributed by atoms with Gasteiger partial charge in [-0.1, -0.05) is 6.07 Å². The van der Waals surface area contributed by atoms with E-state index >= 15 is 0 Å². The monoisotopic (exact) mass is 400 g/mol. The lowest BCUT2D eigenvalue weighted by atomic mass is 10.2. The molecule has 0 N–H and O–H groups in total. The average Bonchev–Trinajstić information content (AvgIpc) is 3.15. The van der Waals surface area contributed by atoms with E-state index in [1.54, 1.807) is 12.3 Å². The van der Waals surface area contributed by atoms with Crippen molar-refractivity contribution in [3.63, 3.8) is 0 Å². The van der Waals surface area contributed by atoms with Crippen LogP contribution < -0.4 is 4.74 Å². The highest BCUT2D eigenvalue weighted by Gasteiger charge is 2.23. The molecular weight excluding hydrogens is 391 g/mol. The lowest BCUT2D eigenvalue weighted by molar-refractivity contribution is 0.203. The fraction of sp³-hybridized carbons (Fsp3) is 0.0588. The first-order chi connectivity index (χ1) is 12.2. The van der Waals surface area contributed by atoms with E-state index in [4.69, 9.17) is 9.15 Å². The fourth-order valence-corrected chi connectivity index (χ4v) is 2.96. The molecule has 4 aromatic rings. The summed E-state index contributed by atoms with van der Waals surface area (Å²) in [6.45, 7) is 0. The number of hydrogen-bond acceptors (Lipinski definition) is 6. The summed E-state index contributed by atoms with van der Waals surface area (Å²) in [5.74, 6) is 0.343. The first kappa shape index (κ1) is 15.6. The standard InChI is InChI=1S/C17H10BrFN4O2/c18-13-7-12(6-10-2-1-5-20-15(10)13)25-16(17-23-22-9-24-17)14-4-3-11(19)8-21-14/h1-9,16H. The number of pyridine rings is 2. The Labute approximate surface area is 149 Å². The molecule has 0 aliphatic heterocycles. The molecule has 3 aromatic heterocycles. The Morgan fingerprint density at radius 2 is 2.08 bits per heavy atom. The highest BCUT2D eigenvalue weighted by molar-refractivity contribution is 9.10. The van der Waals surface area contributed by atoms with Crippen LogP contribution in [0.25, 0.3) is 10.9 Å². The number of fused-ring (bicyclic) bond motifs is 1. The van der Waals surface area contributed by atoms with Gasteiger partial charge >= 0.3 is 0 Å². The average molecular weight is 401 g/mol. The van der Waals surface area contributed by atoms with E-state index in [-0.39, 0.29) is 5.89 Å². The molecule has 0 radical (unpaired) electrons. The number of halogens is 2. The molecule has 1 unspecified atom stereocenters. The van der Waals surface area contributed by atoms with Crippen LogP contribution in [0.1, 0.15) is 17.7 Å². The molecular formula is C17H10BrFN4O2. The molecule has 0 amide bonds. The molecule has 1 atom stereocenters. The molecule has 0 bridgehead atoms. The maximum Gasteiger partial charge on any atom is 0.263 e. The van der Waals surface area contributed by atoms with Crippen LogP contribution in [0.5, 0.6) is 5.75 Å². The molecule has 25 heavy (non-hydrogen) atoms. The Morgan fingerprint density at radius 3 is 2.84 bits per heavy atom. The molecule has 1 aromatic carbocycles. The predicted molar refractivity (Wildman–Crippen MR) is 90.4 cm³/mol. The number of benzene rings is 1. The summed E-state index contributed by atoms with van der Waals surface area (Å²) < 4.78 is 25.3. The third kappa shape index (κ3) is 3.20. The zero-order valence-corrected chi connectivity index (χ0v) is 14.2. The van der Waals surface area contributed by atoms with Gasteiger partial charge in [-0.3, -0.25) is 9.97 Å². The minimum atomic E-state index is -0.760. The number of rotatable bonds is 4. The first-order valence-corrected chi connectivity index (χ1v) is 8.08. The van der Waals surface area contributed by atoms with E-state index in [0.717, 1.165) is 21.6 Å². The van der Waals surface area contributed by atoms with Crippen LogP contribution >= 0.6 is 15.9 Å². The molecule has 4 rings (SSSR count). The Bertz CT molecular complexity index is 1010. The van der Waals surface area contributed by atoms with Gasteiger partial charge in [0, 0.05) is 16.1 Å². The van der Waals surface area contributed by atoms with E-state index in [0.29, 0.717) is 11.4 Å². The van der Waals surface area contributed by atoms with Crippen molar-refractivity contribution in [3.8, 4) is 5.75 Å². The molecule has 0 saturated heterocycles. The van der Waals surface area contributed by atoms with Gasteiger partial charge in [0.2, 0.25) is 12.5 Å². The van der Waals surface area contributed by atoms with Crippen molar-refractivity contribution in [2.24, 2.45) is 0 Å². The van der Waals surface area contributed by atoms with Crippen molar-refractivity contribution in [1.29, 1.82) is 0 Å². The number of aromatic nitrogens is 4. The van der Waals surface area contributed by atoms with Gasteiger partial charge in [0.25, 0.3) is 5.89 Å². The summed E-state index contributed by atoms with van der Waals surface area (Å²) in [6.07, 6.45) is 3.28. The molecule has 0 aliphatic carbocycles. The minimum Gasteiger partial charge on any atom is -0.474 e. The zero-order chi connectivity index (χ0) is 17.2. The molecule has 8 heteroatoms. The third-order valence-electron chi connectivity index (χ3n) is 3.51. The van der Waals surface area contributed by atoms with E-state index in [9.17, 15) is 4.39 Å². The Kier molecular flexibility index (Phi) is 4.10. The highest BCUT2D eigenvalue weighted by Crippen LogP contribution is 2.32. The van der Waals surface area contributed by atoms with Crippen LogP contribution in [-0.4, -0.2) is 20.2 Å². The van der Waals surface area contributed by atoms with E-state index in [1.165, 1.54) is 18.5 Å². The van der Waals surface area contributed by atoms with Crippen molar-refractivity contribution in [2.75, 3.05) is 0 Å². The van der Waals surface area contributed by atoms with Crippen LogP contribution in [0.2, 0.25) is 0 Å². The van der Waals surface area contributed by atoms with Crippen molar-refractivity contribution in [3.05, 3.63) is 77.1 Å². The second-order valence-corrected chi connectivity index (χ2v) is 6.01. The number of hydrogen-bond donors (Lipinski definition) is 0. The summed E-state index contributed by atoms with van der Waals surface area (Å²) in [6, 6.07) is 10.2. The van der Waals surface area contributed by atoms with Crippen LogP contribution in [0.4, 0.5) is 4.39 Å². The van der Waals surface area contributed by atoms with Gasteiger partial charge in [-0.2, -0.15) is 0 Å². The number of nitrogens with zero attached hydrogens (tertiary/aromatic N) is 4. The molecule has 124 valence electrons. The van der Waals surface area contributed by atoms with Crippen LogP contribution in [0.3, 0.4) is 0 Å². The number of ether oxygens (including phenoxy) is 1. The zero-order valence-electron chi connectivity index (χ0n) is 12.6. The SMILES string of the molecule is Fc1ccc(C(Oc2cc(Br)c3ncccc3c2)c2nnco2)nc1. The van der Waals surface area contributed by atoms with E-state index < -0.39 is 11.9 Å². The minimum absolute atomic E-state index is 0.224. The Balaban J connectivity index is 1.75. The lowest BCUT2D eigenvalue weighted by Gasteiger charge is -2.16. The van der Waals surface area contributed by atoms with Crippen molar-refractivity contribution >= 4 is 26.8 Å². The van der Waals surface area contributed by atoms with Crippen molar-refractivity contribution < 1.29 is 13.5 Å². The van der Waals surface area contributed by atoms with Gasteiger partial charge in [-0.25, -0.2) is 4.39 Å². The van der Waals surface area contributed by atoms with Gasteiger partial charge in [0.15, 0.2) is 0 Å². The molecule has 3 heterocycles. The van der Waals surface area contributed by atoms with Crippen LogP contribution in [-0.2, 0) is 0 Å². The van der Waals surface area contributed by atoms with Gasteiger partial charge in [0.05, 0.1) is 17.4 Å². The molecule has 6 nitrogen and oxygen atoms in total.